The molecular formula is C30H35N3O4S. The minimum atomic E-state index is -4.04. The molecule has 7 nitrogen and oxygen atoms in total. The number of sulfonamides is 1. The maximum atomic E-state index is 13.9. The molecule has 0 aliphatic heterocycles. The summed E-state index contributed by atoms with van der Waals surface area (Å²) in [5.74, 6) is -0.679. The Balaban J connectivity index is 1.66. The first kappa shape index (κ1) is 27.4. The number of carbonyl (C=O) groups is 2. The molecule has 8 heteroatoms. The summed E-state index contributed by atoms with van der Waals surface area (Å²) in [4.78, 5) is 28.8. The molecule has 0 unspecified atom stereocenters. The molecule has 0 radical (unpaired) electrons. The van der Waals surface area contributed by atoms with Crippen molar-refractivity contribution in [2.24, 2.45) is 0 Å². The van der Waals surface area contributed by atoms with E-state index in [1.54, 1.807) is 55.5 Å². The first-order chi connectivity index (χ1) is 18.3. The topological polar surface area (TPSA) is 86.8 Å². The zero-order valence-electron chi connectivity index (χ0n) is 21.9. The largest absolute Gasteiger partial charge is 0.352 e. The average molecular weight is 534 g/mol. The van der Waals surface area contributed by atoms with Gasteiger partial charge in [-0.15, -0.1) is 0 Å². The van der Waals surface area contributed by atoms with Gasteiger partial charge >= 0.3 is 0 Å². The predicted molar refractivity (Wildman–Crippen MR) is 149 cm³/mol. The minimum Gasteiger partial charge on any atom is -0.352 e. The van der Waals surface area contributed by atoms with Crippen LogP contribution in [-0.4, -0.2) is 43.8 Å². The highest BCUT2D eigenvalue weighted by Crippen LogP contribution is 2.25. The molecule has 1 fully saturated rings. The Labute approximate surface area is 225 Å². The van der Waals surface area contributed by atoms with Crippen molar-refractivity contribution in [3.8, 4) is 0 Å². The van der Waals surface area contributed by atoms with Gasteiger partial charge in [-0.25, -0.2) is 8.42 Å². The van der Waals surface area contributed by atoms with Gasteiger partial charge in [-0.2, -0.15) is 0 Å². The first-order valence-electron chi connectivity index (χ1n) is 13.0. The second-order valence-electron chi connectivity index (χ2n) is 9.77. The van der Waals surface area contributed by atoms with E-state index in [2.05, 4.69) is 5.32 Å². The molecular weight excluding hydrogens is 498 g/mol. The van der Waals surface area contributed by atoms with Crippen molar-refractivity contribution in [1.29, 1.82) is 0 Å². The fourth-order valence-electron chi connectivity index (χ4n) is 4.79. The number of nitrogens with zero attached hydrogens (tertiary/aromatic N) is 2. The number of hydrogen-bond donors (Lipinski definition) is 1. The Morgan fingerprint density at radius 2 is 1.47 bits per heavy atom. The lowest BCUT2D eigenvalue weighted by Gasteiger charge is -2.32. The molecule has 1 aliphatic carbocycles. The van der Waals surface area contributed by atoms with E-state index in [1.165, 1.54) is 17.0 Å². The van der Waals surface area contributed by atoms with Gasteiger partial charge in [0.15, 0.2) is 0 Å². The molecule has 0 saturated heterocycles. The van der Waals surface area contributed by atoms with E-state index in [4.69, 9.17) is 0 Å². The number of para-hydroxylation sites is 1. The van der Waals surface area contributed by atoms with Crippen molar-refractivity contribution >= 4 is 27.5 Å². The van der Waals surface area contributed by atoms with E-state index in [9.17, 15) is 18.0 Å². The molecule has 38 heavy (non-hydrogen) atoms. The fraction of sp³-hybridized carbons (Fsp3) is 0.333. The van der Waals surface area contributed by atoms with Crippen LogP contribution in [0.25, 0.3) is 0 Å². The number of aryl methyl sites for hydroxylation is 1. The van der Waals surface area contributed by atoms with Crippen molar-refractivity contribution in [3.63, 3.8) is 0 Å². The van der Waals surface area contributed by atoms with E-state index in [1.807, 2.05) is 31.2 Å². The summed E-state index contributed by atoms with van der Waals surface area (Å²) < 4.78 is 28.5. The molecule has 0 heterocycles. The van der Waals surface area contributed by atoms with Gasteiger partial charge < -0.3 is 10.2 Å². The maximum Gasteiger partial charge on any atom is 0.264 e. The monoisotopic (exact) mass is 533 g/mol. The summed E-state index contributed by atoms with van der Waals surface area (Å²) >= 11 is 0. The van der Waals surface area contributed by atoms with Crippen LogP contribution in [-0.2, 0) is 26.2 Å². The van der Waals surface area contributed by atoms with Crippen LogP contribution >= 0.6 is 0 Å². The average Bonchev–Trinajstić information content (AvgIpc) is 3.44. The summed E-state index contributed by atoms with van der Waals surface area (Å²) in [5, 5.41) is 3.09. The molecule has 0 bridgehead atoms. The lowest BCUT2D eigenvalue weighted by molar-refractivity contribution is -0.139. The number of carbonyl (C=O) groups excluding carboxylic acids is 2. The molecule has 3 aromatic carbocycles. The Kier molecular flexibility index (Phi) is 8.84. The summed E-state index contributed by atoms with van der Waals surface area (Å²) in [5.41, 5.74) is 2.27. The van der Waals surface area contributed by atoms with Gasteiger partial charge in [0.1, 0.15) is 12.6 Å². The lowest BCUT2D eigenvalue weighted by atomic mass is 10.1. The minimum absolute atomic E-state index is 0.0918. The quantitative estimate of drug-likeness (QED) is 0.411. The van der Waals surface area contributed by atoms with E-state index in [0.29, 0.717) is 5.69 Å². The van der Waals surface area contributed by atoms with Crippen LogP contribution in [0.1, 0.15) is 43.7 Å². The van der Waals surface area contributed by atoms with Crippen LogP contribution in [0.15, 0.2) is 89.8 Å². The van der Waals surface area contributed by atoms with E-state index in [-0.39, 0.29) is 23.4 Å². The smallest absolute Gasteiger partial charge is 0.264 e. The number of benzene rings is 3. The van der Waals surface area contributed by atoms with Crippen LogP contribution in [0.4, 0.5) is 5.69 Å². The molecule has 3 aromatic rings. The highest BCUT2D eigenvalue weighted by atomic mass is 32.2. The molecule has 0 spiro atoms. The van der Waals surface area contributed by atoms with Gasteiger partial charge in [-0.3, -0.25) is 13.9 Å². The van der Waals surface area contributed by atoms with Crippen molar-refractivity contribution in [3.05, 3.63) is 96.1 Å². The number of amides is 2. The van der Waals surface area contributed by atoms with Crippen LogP contribution in [0, 0.1) is 6.92 Å². The third-order valence-corrected chi connectivity index (χ3v) is 8.91. The maximum absolute atomic E-state index is 13.9. The van der Waals surface area contributed by atoms with Gasteiger partial charge in [-0.05, 0) is 62.1 Å². The Bertz CT molecular complexity index is 1340. The number of nitrogens with one attached hydrogen (secondary N) is 1. The van der Waals surface area contributed by atoms with Crippen molar-refractivity contribution in [1.82, 2.24) is 10.2 Å². The Morgan fingerprint density at radius 3 is 2.11 bits per heavy atom. The van der Waals surface area contributed by atoms with E-state index < -0.39 is 28.5 Å². The second-order valence-corrected chi connectivity index (χ2v) is 11.6. The highest BCUT2D eigenvalue weighted by molar-refractivity contribution is 7.92. The van der Waals surface area contributed by atoms with Crippen molar-refractivity contribution < 1.29 is 18.0 Å². The first-order valence-corrected chi connectivity index (χ1v) is 14.5. The predicted octanol–water partition coefficient (Wildman–Crippen LogP) is 4.67. The molecule has 4 rings (SSSR count). The lowest BCUT2D eigenvalue weighted by Crippen LogP contribution is -2.52. The van der Waals surface area contributed by atoms with Crippen LogP contribution in [0.3, 0.4) is 0 Å². The van der Waals surface area contributed by atoms with Crippen molar-refractivity contribution in [2.45, 2.75) is 63.1 Å². The van der Waals surface area contributed by atoms with Gasteiger partial charge in [0.05, 0.1) is 10.6 Å². The number of rotatable bonds is 10. The fourth-order valence-corrected chi connectivity index (χ4v) is 6.22. The summed E-state index contributed by atoms with van der Waals surface area (Å²) in [6.45, 7) is 3.42. The van der Waals surface area contributed by atoms with Gasteiger partial charge in [0.2, 0.25) is 11.8 Å². The van der Waals surface area contributed by atoms with E-state index >= 15 is 0 Å². The summed E-state index contributed by atoms with van der Waals surface area (Å²) in [6.07, 6.45) is 4.02. The van der Waals surface area contributed by atoms with Gasteiger partial charge in [0.25, 0.3) is 10.0 Å². The SMILES string of the molecule is Cc1ccccc1CN(C(=O)CN(c1ccccc1)S(=O)(=O)c1ccccc1)[C@H](C)C(=O)NC1CCCC1. The van der Waals surface area contributed by atoms with Crippen LogP contribution in [0.2, 0.25) is 0 Å². The van der Waals surface area contributed by atoms with Gasteiger partial charge in [0, 0.05) is 12.6 Å². The van der Waals surface area contributed by atoms with Crippen LogP contribution in [0.5, 0.6) is 0 Å². The second kappa shape index (κ2) is 12.3. The standard InChI is InChI=1S/C30H35N3O4S/c1-23-13-9-10-14-25(23)21-32(24(2)30(35)31-26-15-11-12-16-26)29(34)22-33(27-17-5-3-6-18-27)38(36,37)28-19-7-4-8-20-28/h3-10,13-14,17-20,24,26H,11-12,15-16,21-22H2,1-2H3,(H,31,35)/t24-/m1/s1. The van der Waals surface area contributed by atoms with Gasteiger partial charge in [-0.1, -0.05) is 73.5 Å². The molecule has 1 N–H and O–H groups in total. The third kappa shape index (κ3) is 6.42. The Hall–Kier alpha value is -3.65. The normalized spacial score (nSPS) is 14.6. The van der Waals surface area contributed by atoms with Crippen LogP contribution < -0.4 is 9.62 Å². The highest BCUT2D eigenvalue weighted by Gasteiger charge is 2.33. The number of hydrogen-bond acceptors (Lipinski definition) is 4. The molecule has 2 amide bonds. The third-order valence-electron chi connectivity index (χ3n) is 7.13. The molecule has 1 saturated carbocycles. The van der Waals surface area contributed by atoms with E-state index in [0.717, 1.165) is 41.1 Å². The molecule has 1 aliphatic rings. The zero-order chi connectivity index (χ0) is 27.1. The molecule has 200 valence electrons. The van der Waals surface area contributed by atoms with Crippen molar-refractivity contribution in [2.75, 3.05) is 10.8 Å². The zero-order valence-corrected chi connectivity index (χ0v) is 22.7. The molecule has 0 aromatic heterocycles. The summed E-state index contributed by atoms with van der Waals surface area (Å²) in [6, 6.07) is 23.7. The Morgan fingerprint density at radius 1 is 0.895 bits per heavy atom. The molecule has 1 atom stereocenters. The summed E-state index contributed by atoms with van der Waals surface area (Å²) in [7, 11) is -4.04. The number of anilines is 1.